The summed E-state index contributed by atoms with van der Waals surface area (Å²) >= 11 is 0. The van der Waals surface area contributed by atoms with Gasteiger partial charge in [0.2, 0.25) is 5.95 Å². The van der Waals surface area contributed by atoms with Crippen LogP contribution >= 0.6 is 0 Å². The van der Waals surface area contributed by atoms with Crippen LogP contribution in [0.15, 0.2) is 6.33 Å². The second-order valence-electron chi connectivity index (χ2n) is 5.34. The SMILES string of the molecule is Cc1nn(C2CCS(=O)(=O)C2)c(C)c1C(=O)Nc1ncn[nH]1. The van der Waals surface area contributed by atoms with E-state index in [1.54, 1.807) is 18.5 Å². The predicted molar refractivity (Wildman–Crippen MR) is 78.3 cm³/mol. The Morgan fingerprint density at radius 3 is 2.82 bits per heavy atom. The highest BCUT2D eigenvalue weighted by Gasteiger charge is 2.32. The zero-order valence-electron chi connectivity index (χ0n) is 12.2. The Balaban J connectivity index is 1.89. The number of carbonyl (C=O) groups excluding carboxylic acids is 1. The summed E-state index contributed by atoms with van der Waals surface area (Å²) in [5.41, 5.74) is 1.64. The maximum atomic E-state index is 12.3. The fourth-order valence-electron chi connectivity index (χ4n) is 2.75. The fourth-order valence-corrected chi connectivity index (χ4v) is 4.44. The van der Waals surface area contributed by atoms with Gasteiger partial charge in [-0.15, -0.1) is 0 Å². The van der Waals surface area contributed by atoms with Crippen LogP contribution in [0, 0.1) is 13.8 Å². The molecule has 2 aromatic rings. The molecule has 2 aromatic heterocycles. The molecule has 1 saturated heterocycles. The number of nitrogens with one attached hydrogen (secondary N) is 2. The molecule has 1 aliphatic rings. The third kappa shape index (κ3) is 2.61. The molecule has 9 nitrogen and oxygen atoms in total. The van der Waals surface area contributed by atoms with Gasteiger partial charge in [0, 0.05) is 5.69 Å². The Bertz CT molecular complexity index is 808. The molecule has 1 amide bonds. The highest BCUT2D eigenvalue weighted by Crippen LogP contribution is 2.27. The van der Waals surface area contributed by atoms with Gasteiger partial charge < -0.3 is 0 Å². The number of aryl methyl sites for hydroxylation is 1. The average Bonchev–Trinajstić information content (AvgIpc) is 3.10. The first-order chi connectivity index (χ1) is 10.4. The second kappa shape index (κ2) is 5.20. The van der Waals surface area contributed by atoms with Gasteiger partial charge >= 0.3 is 0 Å². The van der Waals surface area contributed by atoms with Crippen molar-refractivity contribution in [2.75, 3.05) is 16.8 Å². The van der Waals surface area contributed by atoms with Gasteiger partial charge in [0.25, 0.3) is 5.91 Å². The van der Waals surface area contributed by atoms with E-state index in [1.807, 2.05) is 0 Å². The lowest BCUT2D eigenvalue weighted by molar-refractivity contribution is 0.102. The summed E-state index contributed by atoms with van der Waals surface area (Å²) in [6.45, 7) is 3.49. The van der Waals surface area contributed by atoms with Crippen LogP contribution in [0.1, 0.15) is 34.2 Å². The molecular formula is C12H16N6O3S. The van der Waals surface area contributed by atoms with Crippen molar-refractivity contribution < 1.29 is 13.2 Å². The summed E-state index contributed by atoms with van der Waals surface area (Å²) in [6.07, 6.45) is 1.82. The van der Waals surface area contributed by atoms with Gasteiger partial charge in [0.1, 0.15) is 6.33 Å². The molecule has 118 valence electrons. The number of H-pyrrole nitrogens is 1. The van der Waals surface area contributed by atoms with Crippen LogP contribution in [0.3, 0.4) is 0 Å². The molecule has 1 atom stereocenters. The number of aromatic nitrogens is 5. The zero-order chi connectivity index (χ0) is 15.9. The minimum absolute atomic E-state index is 0.0676. The van der Waals surface area contributed by atoms with Crippen molar-refractivity contribution in [3.63, 3.8) is 0 Å². The van der Waals surface area contributed by atoms with E-state index < -0.39 is 9.84 Å². The van der Waals surface area contributed by atoms with Crippen molar-refractivity contribution in [3.8, 4) is 0 Å². The van der Waals surface area contributed by atoms with Crippen LogP contribution in [0.2, 0.25) is 0 Å². The molecule has 22 heavy (non-hydrogen) atoms. The summed E-state index contributed by atoms with van der Waals surface area (Å²) in [4.78, 5) is 16.2. The van der Waals surface area contributed by atoms with E-state index in [2.05, 4.69) is 25.6 Å². The highest BCUT2D eigenvalue weighted by molar-refractivity contribution is 7.91. The Kier molecular flexibility index (Phi) is 3.47. The van der Waals surface area contributed by atoms with Crippen molar-refractivity contribution >= 4 is 21.7 Å². The third-order valence-electron chi connectivity index (χ3n) is 3.75. The minimum atomic E-state index is -3.01. The van der Waals surface area contributed by atoms with Crippen LogP contribution in [0.25, 0.3) is 0 Å². The Hall–Kier alpha value is -2.23. The lowest BCUT2D eigenvalue weighted by Gasteiger charge is -2.11. The van der Waals surface area contributed by atoms with Gasteiger partial charge in [-0.1, -0.05) is 0 Å². The van der Waals surface area contributed by atoms with Crippen molar-refractivity contribution in [1.29, 1.82) is 0 Å². The molecule has 0 bridgehead atoms. The molecule has 0 spiro atoms. The highest BCUT2D eigenvalue weighted by atomic mass is 32.2. The average molecular weight is 324 g/mol. The van der Waals surface area contributed by atoms with E-state index in [-0.39, 0.29) is 29.4 Å². The fraction of sp³-hybridized carbons (Fsp3) is 0.500. The van der Waals surface area contributed by atoms with Gasteiger partial charge in [-0.25, -0.2) is 13.5 Å². The van der Waals surface area contributed by atoms with E-state index in [4.69, 9.17) is 0 Å². The first-order valence-electron chi connectivity index (χ1n) is 6.80. The van der Waals surface area contributed by atoms with Crippen molar-refractivity contribution in [1.82, 2.24) is 25.0 Å². The Morgan fingerprint density at radius 1 is 1.45 bits per heavy atom. The number of sulfone groups is 1. The molecule has 1 fully saturated rings. The van der Waals surface area contributed by atoms with Crippen LogP contribution in [0.5, 0.6) is 0 Å². The molecule has 2 N–H and O–H groups in total. The number of rotatable bonds is 3. The molecule has 0 aliphatic carbocycles. The molecule has 10 heteroatoms. The number of hydrogen-bond acceptors (Lipinski definition) is 6. The quantitative estimate of drug-likeness (QED) is 0.833. The van der Waals surface area contributed by atoms with Gasteiger partial charge in [0.05, 0.1) is 28.8 Å². The molecule has 0 radical (unpaired) electrons. The molecular weight excluding hydrogens is 308 g/mol. The summed E-state index contributed by atoms with van der Waals surface area (Å²) in [6, 6.07) is -0.212. The van der Waals surface area contributed by atoms with E-state index in [0.29, 0.717) is 23.4 Å². The van der Waals surface area contributed by atoms with E-state index in [0.717, 1.165) is 0 Å². The maximum Gasteiger partial charge on any atom is 0.261 e. The van der Waals surface area contributed by atoms with Crippen molar-refractivity contribution in [2.45, 2.75) is 26.3 Å². The van der Waals surface area contributed by atoms with Crippen LogP contribution in [-0.4, -0.2) is 50.8 Å². The lowest BCUT2D eigenvalue weighted by Crippen LogP contribution is -2.17. The molecule has 0 saturated carbocycles. The minimum Gasteiger partial charge on any atom is -0.291 e. The lowest BCUT2D eigenvalue weighted by atomic mass is 10.1. The van der Waals surface area contributed by atoms with Crippen molar-refractivity contribution in [3.05, 3.63) is 23.3 Å². The smallest absolute Gasteiger partial charge is 0.261 e. The van der Waals surface area contributed by atoms with E-state index >= 15 is 0 Å². The largest absolute Gasteiger partial charge is 0.291 e. The number of carbonyl (C=O) groups is 1. The topological polar surface area (TPSA) is 123 Å². The number of hydrogen-bond donors (Lipinski definition) is 2. The van der Waals surface area contributed by atoms with Crippen LogP contribution in [-0.2, 0) is 9.84 Å². The first-order valence-corrected chi connectivity index (χ1v) is 8.62. The van der Waals surface area contributed by atoms with Gasteiger partial charge in [-0.3, -0.25) is 14.8 Å². The van der Waals surface area contributed by atoms with Crippen LogP contribution in [0.4, 0.5) is 5.95 Å². The molecule has 1 unspecified atom stereocenters. The molecule has 0 aromatic carbocycles. The van der Waals surface area contributed by atoms with Crippen molar-refractivity contribution in [2.24, 2.45) is 0 Å². The molecule has 3 rings (SSSR count). The number of aromatic amines is 1. The summed E-state index contributed by atoms with van der Waals surface area (Å²) in [7, 11) is -3.01. The van der Waals surface area contributed by atoms with E-state index in [1.165, 1.54) is 6.33 Å². The summed E-state index contributed by atoms with van der Waals surface area (Å²) in [5, 5.41) is 13.2. The Labute approximate surface area is 127 Å². The molecule has 1 aliphatic heterocycles. The predicted octanol–water partition coefficient (Wildman–Crippen LogP) is 0.230. The normalized spacial score (nSPS) is 20.2. The summed E-state index contributed by atoms with van der Waals surface area (Å²) in [5.74, 6) is 0.132. The van der Waals surface area contributed by atoms with Gasteiger partial charge in [-0.05, 0) is 20.3 Å². The number of amides is 1. The van der Waals surface area contributed by atoms with E-state index in [9.17, 15) is 13.2 Å². The third-order valence-corrected chi connectivity index (χ3v) is 5.50. The van der Waals surface area contributed by atoms with Crippen LogP contribution < -0.4 is 5.32 Å². The standard InChI is InChI=1S/C12H16N6O3S/c1-7-10(11(19)15-12-13-6-14-16-12)8(2)18(17-7)9-3-4-22(20,21)5-9/h6,9H,3-5H2,1-2H3,(H2,13,14,15,16,19). The second-order valence-corrected chi connectivity index (χ2v) is 7.56. The first kappa shape index (κ1) is 14.7. The van der Waals surface area contributed by atoms with Gasteiger partial charge in [-0.2, -0.15) is 15.2 Å². The monoisotopic (exact) mass is 324 g/mol. The van der Waals surface area contributed by atoms with Gasteiger partial charge in [0.15, 0.2) is 9.84 Å². The zero-order valence-corrected chi connectivity index (χ0v) is 13.0. The Morgan fingerprint density at radius 2 is 2.23 bits per heavy atom. The maximum absolute atomic E-state index is 12.3. The number of nitrogens with zero attached hydrogens (tertiary/aromatic N) is 4. The molecule has 3 heterocycles. The summed E-state index contributed by atoms with van der Waals surface area (Å²) < 4.78 is 24.9. The number of anilines is 1.